The monoisotopic (exact) mass is 239 g/mol. The van der Waals surface area contributed by atoms with Gasteiger partial charge in [-0.3, -0.25) is 10.3 Å². The average Bonchev–Trinajstić information content (AvgIpc) is 2.24. The van der Waals surface area contributed by atoms with E-state index >= 15 is 0 Å². The zero-order valence-corrected chi connectivity index (χ0v) is 11.9. The van der Waals surface area contributed by atoms with Gasteiger partial charge in [-0.1, -0.05) is 27.7 Å². The molecule has 0 aromatic rings. The first-order valence-corrected chi connectivity index (χ1v) is 6.91. The predicted molar refractivity (Wildman–Crippen MR) is 74.4 cm³/mol. The van der Waals surface area contributed by atoms with E-state index < -0.39 is 0 Å². The molecule has 0 amide bonds. The Labute approximate surface area is 106 Å². The third-order valence-electron chi connectivity index (χ3n) is 4.20. The fourth-order valence-electron chi connectivity index (χ4n) is 2.92. The van der Waals surface area contributed by atoms with E-state index in [-0.39, 0.29) is 0 Å². The van der Waals surface area contributed by atoms with Crippen molar-refractivity contribution in [3.8, 4) is 0 Å². The van der Waals surface area contributed by atoms with Gasteiger partial charge in [0.15, 0.2) is 0 Å². The molecule has 0 aromatic heterocycles. The van der Waals surface area contributed by atoms with E-state index in [2.05, 4.69) is 32.6 Å². The molecule has 3 N–H and O–H groups in total. The summed E-state index contributed by atoms with van der Waals surface area (Å²) in [7, 11) is 0. The molecule has 100 valence electrons. The number of nitrogens with zero attached hydrogens (tertiary/aromatic N) is 1. The molecule has 0 saturated carbocycles. The highest BCUT2D eigenvalue weighted by molar-refractivity contribution is 5.77. The normalized spacial score (nSPS) is 21.4. The van der Waals surface area contributed by atoms with Crippen LogP contribution in [0, 0.1) is 16.7 Å². The number of hydrogen-bond acceptors (Lipinski definition) is 2. The molecule has 3 heteroatoms. The van der Waals surface area contributed by atoms with E-state index in [1.165, 1.54) is 25.9 Å². The largest absolute Gasteiger partial charge is 0.388 e. The standard InChI is InChI=1S/C14H29N3/c1-5-12(10-13(15)16)17-8-6-11(7-9-17)14(2,3)4/h11-12H,5-10H2,1-4H3,(H3,15,16). The van der Waals surface area contributed by atoms with Gasteiger partial charge in [0.05, 0.1) is 5.84 Å². The lowest BCUT2D eigenvalue weighted by Crippen LogP contribution is -2.44. The third-order valence-corrected chi connectivity index (χ3v) is 4.20. The SMILES string of the molecule is CCC(CC(=N)N)N1CCC(C(C)(C)C)CC1. The Hall–Kier alpha value is -0.570. The van der Waals surface area contributed by atoms with Crippen LogP contribution in [-0.4, -0.2) is 29.9 Å². The van der Waals surface area contributed by atoms with E-state index in [0.29, 0.717) is 17.3 Å². The summed E-state index contributed by atoms with van der Waals surface area (Å²) in [4.78, 5) is 2.53. The minimum absolute atomic E-state index is 0.329. The number of piperidine rings is 1. The number of nitrogens with two attached hydrogens (primary N) is 1. The summed E-state index contributed by atoms with van der Waals surface area (Å²) in [6.45, 7) is 11.6. The molecule has 1 saturated heterocycles. The molecule has 1 aliphatic heterocycles. The van der Waals surface area contributed by atoms with Crippen molar-refractivity contribution in [2.24, 2.45) is 17.1 Å². The van der Waals surface area contributed by atoms with Crippen LogP contribution in [-0.2, 0) is 0 Å². The molecule has 1 fully saturated rings. The second-order valence-electron chi connectivity index (χ2n) is 6.47. The Morgan fingerprint density at radius 3 is 2.24 bits per heavy atom. The summed E-state index contributed by atoms with van der Waals surface area (Å²) < 4.78 is 0. The number of amidine groups is 1. The first kappa shape index (κ1) is 14.5. The lowest BCUT2D eigenvalue weighted by Gasteiger charge is -2.41. The summed E-state index contributed by atoms with van der Waals surface area (Å²) in [5, 5.41) is 7.44. The predicted octanol–water partition coefficient (Wildman–Crippen LogP) is 2.85. The summed E-state index contributed by atoms with van der Waals surface area (Å²) in [6, 6.07) is 0.480. The lowest BCUT2D eigenvalue weighted by atomic mass is 9.75. The molecule has 0 spiro atoms. The number of rotatable bonds is 4. The fraction of sp³-hybridized carbons (Fsp3) is 0.929. The molecule has 0 radical (unpaired) electrons. The van der Waals surface area contributed by atoms with Crippen molar-refractivity contribution in [1.29, 1.82) is 5.41 Å². The Balaban J connectivity index is 2.47. The lowest BCUT2D eigenvalue weighted by molar-refractivity contribution is 0.0829. The first-order chi connectivity index (χ1) is 7.84. The number of hydrogen-bond donors (Lipinski definition) is 2. The molecule has 1 aliphatic rings. The second kappa shape index (κ2) is 5.85. The molecule has 1 heterocycles. The van der Waals surface area contributed by atoms with E-state index in [4.69, 9.17) is 11.1 Å². The second-order valence-corrected chi connectivity index (χ2v) is 6.47. The molecule has 1 unspecified atom stereocenters. The number of likely N-dealkylation sites (tertiary alicyclic amines) is 1. The van der Waals surface area contributed by atoms with Crippen LogP contribution in [0.1, 0.15) is 53.4 Å². The van der Waals surface area contributed by atoms with Crippen LogP contribution < -0.4 is 5.73 Å². The molecule has 0 aliphatic carbocycles. The van der Waals surface area contributed by atoms with Gasteiger partial charge in [0.1, 0.15) is 0 Å². The van der Waals surface area contributed by atoms with Crippen LogP contribution in [0.25, 0.3) is 0 Å². The summed E-state index contributed by atoms with van der Waals surface area (Å²) >= 11 is 0. The highest BCUT2D eigenvalue weighted by atomic mass is 15.2. The molecule has 0 aromatic carbocycles. The summed E-state index contributed by atoms with van der Waals surface area (Å²) in [5.41, 5.74) is 5.97. The van der Waals surface area contributed by atoms with Crippen LogP contribution >= 0.6 is 0 Å². The van der Waals surface area contributed by atoms with Crippen molar-refractivity contribution in [3.05, 3.63) is 0 Å². The number of nitrogens with one attached hydrogen (secondary N) is 1. The van der Waals surface area contributed by atoms with Crippen LogP contribution in [0.3, 0.4) is 0 Å². The van der Waals surface area contributed by atoms with Crippen molar-refractivity contribution in [2.45, 2.75) is 59.4 Å². The topological polar surface area (TPSA) is 53.1 Å². The van der Waals surface area contributed by atoms with Gasteiger partial charge in [0, 0.05) is 12.5 Å². The first-order valence-electron chi connectivity index (χ1n) is 6.91. The van der Waals surface area contributed by atoms with E-state index in [1.807, 2.05) is 0 Å². The van der Waals surface area contributed by atoms with Gasteiger partial charge in [-0.15, -0.1) is 0 Å². The van der Waals surface area contributed by atoms with Gasteiger partial charge in [0.2, 0.25) is 0 Å². The molecule has 17 heavy (non-hydrogen) atoms. The van der Waals surface area contributed by atoms with Crippen LogP contribution in [0.15, 0.2) is 0 Å². The van der Waals surface area contributed by atoms with Gasteiger partial charge in [-0.05, 0) is 43.7 Å². The average molecular weight is 239 g/mol. The highest BCUT2D eigenvalue weighted by Gasteiger charge is 2.30. The minimum atomic E-state index is 0.329. The van der Waals surface area contributed by atoms with Crippen molar-refractivity contribution in [3.63, 3.8) is 0 Å². The van der Waals surface area contributed by atoms with Crippen LogP contribution in [0.4, 0.5) is 0 Å². The smallest absolute Gasteiger partial charge is 0.0921 e. The Morgan fingerprint density at radius 2 is 1.88 bits per heavy atom. The molecular formula is C14H29N3. The van der Waals surface area contributed by atoms with Gasteiger partial charge in [0.25, 0.3) is 0 Å². The maximum Gasteiger partial charge on any atom is 0.0921 e. The van der Waals surface area contributed by atoms with E-state index in [1.54, 1.807) is 0 Å². The molecule has 3 nitrogen and oxygen atoms in total. The van der Waals surface area contributed by atoms with Crippen molar-refractivity contribution in [2.75, 3.05) is 13.1 Å². The van der Waals surface area contributed by atoms with Gasteiger partial charge in [-0.2, -0.15) is 0 Å². The summed E-state index contributed by atoms with van der Waals surface area (Å²) in [5.74, 6) is 1.17. The minimum Gasteiger partial charge on any atom is -0.388 e. The maximum atomic E-state index is 7.44. The Morgan fingerprint density at radius 1 is 1.35 bits per heavy atom. The quantitative estimate of drug-likeness (QED) is 0.585. The van der Waals surface area contributed by atoms with Crippen LogP contribution in [0.2, 0.25) is 0 Å². The Kier molecular flexibility index (Phi) is 4.99. The molecule has 1 atom stereocenters. The zero-order valence-electron chi connectivity index (χ0n) is 11.9. The van der Waals surface area contributed by atoms with Gasteiger partial charge < -0.3 is 5.73 Å². The van der Waals surface area contributed by atoms with Gasteiger partial charge >= 0.3 is 0 Å². The van der Waals surface area contributed by atoms with Crippen LogP contribution in [0.5, 0.6) is 0 Å². The molecule has 0 bridgehead atoms. The molecular weight excluding hydrogens is 210 g/mol. The van der Waals surface area contributed by atoms with E-state index in [9.17, 15) is 0 Å². The highest BCUT2D eigenvalue weighted by Crippen LogP contribution is 2.35. The van der Waals surface area contributed by atoms with Crippen molar-refractivity contribution >= 4 is 5.84 Å². The van der Waals surface area contributed by atoms with Crippen molar-refractivity contribution in [1.82, 2.24) is 4.90 Å². The fourth-order valence-corrected chi connectivity index (χ4v) is 2.92. The summed E-state index contributed by atoms with van der Waals surface area (Å²) in [6.07, 6.45) is 4.41. The molecule has 1 rings (SSSR count). The maximum absolute atomic E-state index is 7.44. The zero-order chi connectivity index (χ0) is 13.1. The third kappa shape index (κ3) is 4.30. The van der Waals surface area contributed by atoms with Crippen molar-refractivity contribution < 1.29 is 0 Å². The Bertz CT molecular complexity index is 247. The van der Waals surface area contributed by atoms with E-state index in [0.717, 1.165) is 18.8 Å². The van der Waals surface area contributed by atoms with Gasteiger partial charge in [-0.25, -0.2) is 0 Å².